The number of amides is 1. The monoisotopic (exact) mass is 281 g/mol. The Balaban J connectivity index is 1.54. The SMILES string of the molecule is COc1ccc2cc(CN(C)C(=O)C34CC3C4)ccc2c1. The molecule has 0 atom stereocenters. The Morgan fingerprint density at radius 2 is 1.90 bits per heavy atom. The number of hydrogen-bond donors (Lipinski definition) is 0. The average Bonchev–Trinajstić information content (AvgIpc) is 3.35. The molecule has 2 aliphatic rings. The Morgan fingerprint density at radius 3 is 2.57 bits per heavy atom. The number of carbonyl (C=O) groups is 1. The van der Waals surface area contributed by atoms with Gasteiger partial charge in [0.2, 0.25) is 5.91 Å². The zero-order valence-corrected chi connectivity index (χ0v) is 12.4. The number of ether oxygens (including phenoxy) is 1. The molecule has 0 unspecified atom stereocenters. The van der Waals surface area contributed by atoms with Gasteiger partial charge in [-0.05, 0) is 53.3 Å². The highest BCUT2D eigenvalue weighted by Crippen LogP contribution is 2.75. The summed E-state index contributed by atoms with van der Waals surface area (Å²) in [7, 11) is 3.60. The molecule has 21 heavy (non-hydrogen) atoms. The third-order valence-corrected chi connectivity index (χ3v) is 4.99. The fourth-order valence-corrected chi connectivity index (χ4v) is 3.28. The van der Waals surface area contributed by atoms with Gasteiger partial charge in [-0.25, -0.2) is 0 Å². The highest BCUT2D eigenvalue weighted by atomic mass is 16.5. The number of nitrogens with zero attached hydrogens (tertiary/aromatic N) is 1. The maximum Gasteiger partial charge on any atom is 0.229 e. The summed E-state index contributed by atoms with van der Waals surface area (Å²) in [6.45, 7) is 0.690. The highest BCUT2D eigenvalue weighted by Gasteiger charge is 2.75. The predicted octanol–water partition coefficient (Wildman–Crippen LogP) is 3.22. The Bertz CT molecular complexity index is 731. The molecule has 0 heterocycles. The maximum atomic E-state index is 12.3. The van der Waals surface area contributed by atoms with E-state index < -0.39 is 0 Å². The molecule has 0 bridgehead atoms. The summed E-state index contributed by atoms with van der Waals surface area (Å²) >= 11 is 0. The quantitative estimate of drug-likeness (QED) is 0.861. The second-order valence-corrected chi connectivity index (χ2v) is 6.47. The van der Waals surface area contributed by atoms with Crippen LogP contribution in [0, 0.1) is 11.3 Å². The molecule has 3 nitrogen and oxygen atoms in total. The molecule has 2 aromatic rings. The highest BCUT2D eigenvalue weighted by molar-refractivity contribution is 5.90. The lowest BCUT2D eigenvalue weighted by Crippen LogP contribution is -2.30. The standard InChI is InChI=1S/C18H19NO2/c1-19(17(20)18-9-15(18)10-18)11-12-3-4-14-8-16(21-2)6-5-13(14)7-12/h3-8,15H,9-11H2,1-2H3. The van der Waals surface area contributed by atoms with E-state index in [1.165, 1.54) is 10.9 Å². The van der Waals surface area contributed by atoms with Gasteiger partial charge in [0.25, 0.3) is 0 Å². The Kier molecular flexibility index (Phi) is 2.56. The first-order chi connectivity index (χ1) is 10.1. The van der Waals surface area contributed by atoms with Gasteiger partial charge in [0.1, 0.15) is 5.75 Å². The summed E-state index contributed by atoms with van der Waals surface area (Å²) in [6.07, 6.45) is 2.24. The first-order valence-electron chi connectivity index (χ1n) is 7.45. The van der Waals surface area contributed by atoms with E-state index in [1.54, 1.807) is 7.11 Å². The van der Waals surface area contributed by atoms with Crippen molar-refractivity contribution in [2.45, 2.75) is 19.4 Å². The van der Waals surface area contributed by atoms with Crippen LogP contribution in [0.2, 0.25) is 0 Å². The van der Waals surface area contributed by atoms with Gasteiger partial charge in [0.15, 0.2) is 0 Å². The van der Waals surface area contributed by atoms with Crippen LogP contribution in [0.1, 0.15) is 18.4 Å². The molecular formula is C18H19NO2. The van der Waals surface area contributed by atoms with Gasteiger partial charge >= 0.3 is 0 Å². The van der Waals surface area contributed by atoms with Crippen molar-refractivity contribution < 1.29 is 9.53 Å². The first kappa shape index (κ1) is 12.7. The Morgan fingerprint density at radius 1 is 1.24 bits per heavy atom. The number of hydrogen-bond acceptors (Lipinski definition) is 2. The van der Waals surface area contributed by atoms with Crippen molar-refractivity contribution in [3.63, 3.8) is 0 Å². The van der Waals surface area contributed by atoms with E-state index in [2.05, 4.69) is 24.3 Å². The second-order valence-electron chi connectivity index (χ2n) is 6.47. The molecule has 1 amide bonds. The molecule has 2 aromatic carbocycles. The van der Waals surface area contributed by atoms with Crippen LogP contribution in [-0.4, -0.2) is 25.0 Å². The molecular weight excluding hydrogens is 262 g/mol. The van der Waals surface area contributed by atoms with E-state index in [0.29, 0.717) is 18.4 Å². The van der Waals surface area contributed by atoms with E-state index >= 15 is 0 Å². The van der Waals surface area contributed by atoms with E-state index in [-0.39, 0.29) is 5.41 Å². The van der Waals surface area contributed by atoms with Gasteiger partial charge in [-0.15, -0.1) is 0 Å². The lowest BCUT2D eigenvalue weighted by atomic mass is 10.1. The summed E-state index contributed by atoms with van der Waals surface area (Å²) < 4.78 is 5.24. The largest absolute Gasteiger partial charge is 0.497 e. The molecule has 0 N–H and O–H groups in total. The minimum Gasteiger partial charge on any atom is -0.497 e. The molecule has 4 rings (SSSR count). The number of carbonyl (C=O) groups excluding carboxylic acids is 1. The van der Waals surface area contributed by atoms with Crippen LogP contribution in [0.3, 0.4) is 0 Å². The summed E-state index contributed by atoms with van der Waals surface area (Å²) in [5, 5.41) is 2.35. The van der Waals surface area contributed by atoms with Crippen molar-refractivity contribution in [2.24, 2.45) is 11.3 Å². The van der Waals surface area contributed by atoms with Crippen molar-refractivity contribution in [1.82, 2.24) is 4.90 Å². The molecule has 0 aromatic heterocycles. The predicted molar refractivity (Wildman–Crippen MR) is 82.1 cm³/mol. The minimum absolute atomic E-state index is 0.0684. The summed E-state index contributed by atoms with van der Waals surface area (Å²) in [5.41, 5.74) is 1.25. The molecule has 3 heteroatoms. The summed E-state index contributed by atoms with van der Waals surface area (Å²) in [6, 6.07) is 12.4. The van der Waals surface area contributed by atoms with Crippen LogP contribution >= 0.6 is 0 Å². The zero-order chi connectivity index (χ0) is 14.6. The molecule has 0 spiro atoms. The van der Waals surface area contributed by atoms with Crippen LogP contribution in [0.15, 0.2) is 36.4 Å². The van der Waals surface area contributed by atoms with Gasteiger partial charge in [-0.3, -0.25) is 4.79 Å². The third kappa shape index (κ3) is 1.99. The van der Waals surface area contributed by atoms with Crippen LogP contribution in [0.25, 0.3) is 10.8 Å². The van der Waals surface area contributed by atoms with Crippen LogP contribution < -0.4 is 4.74 Å². The van der Waals surface area contributed by atoms with Crippen LogP contribution in [-0.2, 0) is 11.3 Å². The van der Waals surface area contributed by atoms with E-state index in [0.717, 1.165) is 24.0 Å². The van der Waals surface area contributed by atoms with E-state index in [1.807, 2.05) is 24.1 Å². The van der Waals surface area contributed by atoms with Gasteiger partial charge < -0.3 is 9.64 Å². The molecule has 108 valence electrons. The fourth-order valence-electron chi connectivity index (χ4n) is 3.28. The second kappa shape index (κ2) is 4.23. The van der Waals surface area contributed by atoms with Crippen molar-refractivity contribution in [3.05, 3.63) is 42.0 Å². The molecule has 0 saturated heterocycles. The van der Waals surface area contributed by atoms with Crippen molar-refractivity contribution in [3.8, 4) is 5.75 Å². The fraction of sp³-hybridized carbons (Fsp3) is 0.389. The minimum atomic E-state index is 0.0684. The Labute approximate surface area is 124 Å². The number of methoxy groups -OCH3 is 1. The van der Waals surface area contributed by atoms with Crippen molar-refractivity contribution in [2.75, 3.05) is 14.2 Å². The number of benzene rings is 2. The lowest BCUT2D eigenvalue weighted by Gasteiger charge is -2.19. The topological polar surface area (TPSA) is 29.5 Å². The van der Waals surface area contributed by atoms with E-state index in [9.17, 15) is 4.79 Å². The summed E-state index contributed by atoms with van der Waals surface area (Å²) in [4.78, 5) is 14.2. The summed E-state index contributed by atoms with van der Waals surface area (Å²) in [5.74, 6) is 1.91. The van der Waals surface area contributed by atoms with Gasteiger partial charge in [-0.1, -0.05) is 18.2 Å². The number of rotatable bonds is 4. The first-order valence-corrected chi connectivity index (χ1v) is 7.45. The van der Waals surface area contributed by atoms with Gasteiger partial charge in [-0.2, -0.15) is 0 Å². The molecule has 0 aliphatic heterocycles. The molecule has 0 radical (unpaired) electrons. The van der Waals surface area contributed by atoms with Gasteiger partial charge in [0, 0.05) is 13.6 Å². The smallest absolute Gasteiger partial charge is 0.229 e. The van der Waals surface area contributed by atoms with Gasteiger partial charge in [0.05, 0.1) is 12.5 Å². The maximum absolute atomic E-state index is 12.3. The van der Waals surface area contributed by atoms with E-state index in [4.69, 9.17) is 4.74 Å². The average molecular weight is 281 g/mol. The number of fused-ring (bicyclic) bond motifs is 2. The molecule has 2 fully saturated rings. The molecule has 2 saturated carbocycles. The third-order valence-electron chi connectivity index (χ3n) is 4.99. The van der Waals surface area contributed by atoms with Crippen LogP contribution in [0.5, 0.6) is 5.75 Å². The van der Waals surface area contributed by atoms with Crippen molar-refractivity contribution in [1.29, 1.82) is 0 Å². The lowest BCUT2D eigenvalue weighted by molar-refractivity contribution is -0.133. The zero-order valence-electron chi connectivity index (χ0n) is 12.4. The Hall–Kier alpha value is -2.03. The molecule has 2 aliphatic carbocycles. The van der Waals surface area contributed by atoms with Crippen LogP contribution in [0.4, 0.5) is 0 Å². The normalized spacial score (nSPS) is 25.3. The van der Waals surface area contributed by atoms with Crippen molar-refractivity contribution >= 4 is 16.7 Å².